The Kier molecular flexibility index (Phi) is 13.4. The zero-order valence-electron chi connectivity index (χ0n) is 29.8. The zero-order chi connectivity index (χ0) is 36.6. The Morgan fingerprint density at radius 3 is 2.32 bits per heavy atom. The Morgan fingerprint density at radius 1 is 1.06 bits per heavy atom. The van der Waals surface area contributed by atoms with Gasteiger partial charge in [0, 0.05) is 44.5 Å². The third kappa shape index (κ3) is 9.82. The molecule has 2 heterocycles. The minimum atomic E-state index is -1.15. The molecule has 5 rings (SSSR count). The van der Waals surface area contributed by atoms with E-state index in [1.54, 1.807) is 29.0 Å². The summed E-state index contributed by atoms with van der Waals surface area (Å²) in [4.78, 5) is 49.1. The predicted molar refractivity (Wildman–Crippen MR) is 195 cm³/mol. The Morgan fingerprint density at radius 2 is 1.72 bits per heavy atom. The van der Waals surface area contributed by atoms with Crippen LogP contribution < -0.4 is 16.2 Å². The third-order valence-electron chi connectivity index (χ3n) is 9.76. The maximum Gasteiger partial charge on any atom is 0.305 e. The molecule has 1 aromatic heterocycles. The van der Waals surface area contributed by atoms with Gasteiger partial charge in [-0.3, -0.25) is 19.2 Å². The van der Waals surface area contributed by atoms with E-state index in [-0.39, 0.29) is 27.6 Å². The molecule has 50 heavy (non-hydrogen) atoms. The number of carbonyl (C=O) groups is 3. The molecule has 11 heteroatoms. The second-order valence-electron chi connectivity index (χ2n) is 14.3. The van der Waals surface area contributed by atoms with Crippen molar-refractivity contribution in [3.8, 4) is 11.1 Å². The maximum atomic E-state index is 14.5. The summed E-state index contributed by atoms with van der Waals surface area (Å²) in [5.41, 5.74) is 5.42. The molecule has 3 aromatic rings. The molecule has 270 valence electrons. The largest absolute Gasteiger partial charge is 0.481 e. The number of pyridine rings is 1. The van der Waals surface area contributed by atoms with Gasteiger partial charge >= 0.3 is 5.97 Å². The number of carboxylic acids is 1. The van der Waals surface area contributed by atoms with Gasteiger partial charge < -0.3 is 25.2 Å². The Bertz CT molecular complexity index is 1720. The summed E-state index contributed by atoms with van der Waals surface area (Å²) in [6, 6.07) is 9.52. The van der Waals surface area contributed by atoms with E-state index >= 15 is 0 Å². The number of hydrogen-bond donors (Lipinski definition) is 3. The summed E-state index contributed by atoms with van der Waals surface area (Å²) >= 11 is 6.05. The van der Waals surface area contributed by atoms with Gasteiger partial charge in [0.1, 0.15) is 11.4 Å². The minimum Gasteiger partial charge on any atom is -0.481 e. The first-order valence-electron chi connectivity index (χ1n) is 17.4. The lowest BCUT2D eigenvalue weighted by Crippen LogP contribution is -2.55. The van der Waals surface area contributed by atoms with Gasteiger partial charge in [0.05, 0.1) is 17.5 Å². The molecule has 1 spiro atoms. The fourth-order valence-corrected chi connectivity index (χ4v) is 7.59. The van der Waals surface area contributed by atoms with Crippen molar-refractivity contribution < 1.29 is 23.9 Å². The molecule has 1 aliphatic carbocycles. The van der Waals surface area contributed by atoms with Crippen LogP contribution in [-0.4, -0.2) is 59.0 Å². The molecule has 1 aliphatic heterocycles. The van der Waals surface area contributed by atoms with E-state index in [2.05, 4.69) is 29.4 Å². The van der Waals surface area contributed by atoms with Crippen molar-refractivity contribution in [2.24, 2.45) is 11.3 Å². The number of likely N-dealkylation sites (tertiary alicyclic amines) is 1. The first-order chi connectivity index (χ1) is 23.7. The number of nitrogens with zero attached hydrogens (tertiary/aromatic N) is 2. The second kappa shape index (κ2) is 17.3. The molecule has 0 unspecified atom stereocenters. The van der Waals surface area contributed by atoms with Crippen LogP contribution in [0.3, 0.4) is 0 Å². The van der Waals surface area contributed by atoms with Crippen LogP contribution in [0.1, 0.15) is 91.0 Å². The van der Waals surface area contributed by atoms with Crippen LogP contribution in [-0.2, 0) is 16.1 Å². The number of benzene rings is 2. The number of carbonyl (C=O) groups excluding carboxylic acids is 2. The van der Waals surface area contributed by atoms with E-state index in [0.29, 0.717) is 36.4 Å². The highest BCUT2D eigenvalue weighted by atomic mass is 35.5. The highest BCUT2D eigenvalue weighted by molar-refractivity contribution is 6.31. The number of aromatic nitrogens is 1. The van der Waals surface area contributed by atoms with Gasteiger partial charge in [-0.15, -0.1) is 0 Å². The van der Waals surface area contributed by atoms with Crippen LogP contribution >= 0.6 is 11.6 Å². The molecule has 1 atom stereocenters. The molecular weight excluding hydrogens is 659 g/mol. The van der Waals surface area contributed by atoms with Crippen molar-refractivity contribution in [1.29, 1.82) is 0 Å². The monoisotopic (exact) mass is 708 g/mol. The molecule has 3 N–H and O–H groups in total. The lowest BCUT2D eigenvalue weighted by Gasteiger charge is -2.48. The lowest BCUT2D eigenvalue weighted by atomic mass is 9.78. The molecule has 9 nitrogen and oxygen atoms in total. The lowest BCUT2D eigenvalue weighted by molar-refractivity contribution is -0.137. The van der Waals surface area contributed by atoms with Crippen LogP contribution in [0.5, 0.6) is 0 Å². The number of carboxylic acid groups (broad SMARTS) is 1. The summed E-state index contributed by atoms with van der Waals surface area (Å²) in [5.74, 6) is -1.60. The average molecular weight is 709 g/mol. The number of hydrogen-bond acceptors (Lipinski definition) is 5. The zero-order valence-corrected chi connectivity index (χ0v) is 30.5. The van der Waals surface area contributed by atoms with Crippen molar-refractivity contribution in [2.75, 3.05) is 26.2 Å². The van der Waals surface area contributed by atoms with Crippen molar-refractivity contribution in [3.63, 3.8) is 0 Å². The van der Waals surface area contributed by atoms with E-state index in [4.69, 9.17) is 16.7 Å². The van der Waals surface area contributed by atoms with Crippen LogP contribution in [0.15, 0.2) is 47.4 Å². The van der Waals surface area contributed by atoms with Gasteiger partial charge in [0.25, 0.3) is 11.5 Å². The molecule has 1 saturated carbocycles. The predicted octanol–water partition coefficient (Wildman–Crippen LogP) is 6.83. The van der Waals surface area contributed by atoms with Gasteiger partial charge in [0.2, 0.25) is 6.41 Å². The topological polar surface area (TPSA) is 121 Å². The van der Waals surface area contributed by atoms with Gasteiger partial charge in [-0.25, -0.2) is 4.39 Å². The molecule has 2 aliphatic rings. The Balaban J connectivity index is 0.000000225. The van der Waals surface area contributed by atoms with E-state index in [1.807, 2.05) is 32.9 Å². The van der Waals surface area contributed by atoms with Crippen LogP contribution in [0, 0.1) is 37.9 Å². The molecular formula is C39H50ClFN4O5. The second-order valence-corrected chi connectivity index (χ2v) is 14.8. The molecule has 2 fully saturated rings. The smallest absolute Gasteiger partial charge is 0.305 e. The minimum absolute atomic E-state index is 0.0522. The first-order valence-corrected chi connectivity index (χ1v) is 17.8. The third-order valence-corrected chi connectivity index (χ3v) is 10.0. The highest BCUT2D eigenvalue weighted by Crippen LogP contribution is 2.45. The van der Waals surface area contributed by atoms with E-state index in [9.17, 15) is 23.6 Å². The highest BCUT2D eigenvalue weighted by Gasteiger charge is 2.44. The number of rotatable bonds is 13. The van der Waals surface area contributed by atoms with Crippen molar-refractivity contribution in [2.45, 2.75) is 85.7 Å². The van der Waals surface area contributed by atoms with Crippen LogP contribution in [0.2, 0.25) is 5.02 Å². The van der Waals surface area contributed by atoms with E-state index < -0.39 is 24.2 Å². The fraction of sp³-hybridized carbons (Fsp3) is 0.487. The summed E-state index contributed by atoms with van der Waals surface area (Å²) < 4.78 is 16.2. The molecule has 2 aromatic carbocycles. The molecule has 2 amide bonds. The number of amides is 2. The summed E-state index contributed by atoms with van der Waals surface area (Å²) in [6.45, 7) is 14.6. The summed E-state index contributed by atoms with van der Waals surface area (Å²) in [7, 11) is 0. The van der Waals surface area contributed by atoms with Crippen molar-refractivity contribution in [3.05, 3.63) is 91.6 Å². The van der Waals surface area contributed by atoms with Gasteiger partial charge in [0.15, 0.2) is 0 Å². The first kappa shape index (κ1) is 38.8. The van der Waals surface area contributed by atoms with Gasteiger partial charge in [-0.05, 0) is 97.9 Å². The number of halogens is 2. The van der Waals surface area contributed by atoms with Gasteiger partial charge in [-0.2, -0.15) is 0 Å². The SMILES string of the molecule is CC(C)CCNC(=O)c1cccn(CCN2CC3(CCCC3)C2)c1=O.Cc1cc(C)c(-c2cc(Cl)c(F)c([C@H](CC(=O)O)NC=O)c2)c(C)c1. The Hall–Kier alpha value is -4.02. The molecule has 0 radical (unpaired) electrons. The number of nitrogens with one attached hydrogen (secondary N) is 2. The van der Waals surface area contributed by atoms with Gasteiger partial charge in [-0.1, -0.05) is 56.0 Å². The van der Waals surface area contributed by atoms with E-state index in [1.165, 1.54) is 44.8 Å². The summed E-state index contributed by atoms with van der Waals surface area (Å²) in [5, 5.41) is 14.1. The Labute approximate surface area is 299 Å². The average Bonchev–Trinajstić information content (AvgIpc) is 3.51. The molecule has 1 saturated heterocycles. The number of aryl methyl sites for hydroxylation is 3. The normalized spacial score (nSPS) is 15.6. The van der Waals surface area contributed by atoms with Crippen molar-refractivity contribution in [1.82, 2.24) is 20.1 Å². The standard InChI is InChI=1S/C20H31N3O2.C19H19ClFNO3/c1-16(2)7-10-21-18(24)17-6-5-11-23(19(17)25)13-12-22-14-20(15-22)8-3-4-9-20;1-10-4-11(2)18(12(3)5-10)13-6-14(19(21)15(20)7-13)16(22-9-23)8-17(24)25/h5-6,11,16H,3-4,7-10,12-15H2,1-2H3,(H,21,24);4-7,9,16H,8H2,1-3H3,(H,22,23)(H,24,25)/t;16-/m.0/s1. The maximum absolute atomic E-state index is 14.5. The van der Waals surface area contributed by atoms with Crippen LogP contribution in [0.4, 0.5) is 4.39 Å². The summed E-state index contributed by atoms with van der Waals surface area (Å²) in [6.07, 6.45) is 8.12. The quantitative estimate of drug-likeness (QED) is 0.168. The molecule has 0 bridgehead atoms. The van der Waals surface area contributed by atoms with Crippen molar-refractivity contribution >= 4 is 29.9 Å². The van der Waals surface area contributed by atoms with Crippen LogP contribution in [0.25, 0.3) is 11.1 Å². The van der Waals surface area contributed by atoms with E-state index in [0.717, 1.165) is 35.2 Å². The number of aliphatic carboxylic acids is 1. The fourth-order valence-electron chi connectivity index (χ4n) is 7.37.